The Morgan fingerprint density at radius 2 is 1.86 bits per heavy atom. The molecule has 110 valence electrons. The third-order valence-electron chi connectivity index (χ3n) is 3.12. The number of methoxy groups -OCH3 is 1. The highest BCUT2D eigenvalue weighted by Gasteiger charge is 2.23. The van der Waals surface area contributed by atoms with E-state index in [2.05, 4.69) is 5.32 Å². The van der Waals surface area contributed by atoms with Gasteiger partial charge in [0.05, 0.1) is 7.11 Å². The predicted octanol–water partition coefficient (Wildman–Crippen LogP) is 4.63. The quantitative estimate of drug-likeness (QED) is 0.834. The van der Waals surface area contributed by atoms with Crippen LogP contribution < -0.4 is 5.32 Å². The predicted molar refractivity (Wildman–Crippen MR) is 86.0 cm³/mol. The lowest BCUT2D eigenvalue weighted by atomic mass is 10.0. The van der Waals surface area contributed by atoms with Crippen LogP contribution in [0.5, 0.6) is 0 Å². The number of rotatable bonds is 4. The lowest BCUT2D eigenvalue weighted by molar-refractivity contribution is -0.141. The van der Waals surface area contributed by atoms with Crippen molar-refractivity contribution < 1.29 is 9.53 Å². The van der Waals surface area contributed by atoms with Crippen LogP contribution in [0.25, 0.3) is 0 Å². The van der Waals surface area contributed by atoms with E-state index in [-0.39, 0.29) is 5.97 Å². The van der Waals surface area contributed by atoms with Gasteiger partial charge in [-0.25, -0.2) is 4.79 Å². The number of nitrogens with one attached hydrogen (secondary N) is 1. The van der Waals surface area contributed by atoms with Crippen molar-refractivity contribution >= 4 is 34.9 Å². The fourth-order valence-electron chi connectivity index (χ4n) is 2.09. The maximum Gasteiger partial charge on any atom is 0.332 e. The molecule has 0 aliphatic rings. The highest BCUT2D eigenvalue weighted by Crippen LogP contribution is 2.27. The molecule has 2 aromatic rings. The molecule has 0 saturated carbocycles. The molecular formula is C16H15Cl2NO2. The van der Waals surface area contributed by atoms with Crippen molar-refractivity contribution in [2.45, 2.75) is 13.0 Å². The number of aryl methyl sites for hydroxylation is 1. The minimum atomic E-state index is -0.620. The Kier molecular flexibility index (Phi) is 5.10. The smallest absolute Gasteiger partial charge is 0.332 e. The molecule has 0 saturated heterocycles. The molecule has 0 aromatic heterocycles. The third-order valence-corrected chi connectivity index (χ3v) is 3.59. The first kappa shape index (κ1) is 15.7. The lowest BCUT2D eigenvalue weighted by Gasteiger charge is -2.20. The van der Waals surface area contributed by atoms with Gasteiger partial charge in [0.2, 0.25) is 0 Å². The maximum absolute atomic E-state index is 12.1. The van der Waals surface area contributed by atoms with E-state index in [1.807, 2.05) is 31.2 Å². The zero-order chi connectivity index (χ0) is 15.4. The number of esters is 1. The summed E-state index contributed by atoms with van der Waals surface area (Å²) in [6, 6.07) is 11.9. The van der Waals surface area contributed by atoms with Gasteiger partial charge in [0.25, 0.3) is 0 Å². The molecule has 1 atom stereocenters. The van der Waals surface area contributed by atoms with Crippen LogP contribution in [0.15, 0.2) is 42.5 Å². The van der Waals surface area contributed by atoms with Crippen molar-refractivity contribution in [1.82, 2.24) is 0 Å². The van der Waals surface area contributed by atoms with Gasteiger partial charge in [0.15, 0.2) is 6.04 Å². The summed E-state index contributed by atoms with van der Waals surface area (Å²) in [7, 11) is 1.36. The van der Waals surface area contributed by atoms with Crippen LogP contribution in [0.4, 0.5) is 5.69 Å². The van der Waals surface area contributed by atoms with Gasteiger partial charge in [-0.05, 0) is 48.4 Å². The van der Waals surface area contributed by atoms with Crippen LogP contribution in [0.2, 0.25) is 10.0 Å². The summed E-state index contributed by atoms with van der Waals surface area (Å²) in [5.74, 6) is -0.375. The van der Waals surface area contributed by atoms with Crippen LogP contribution in [0.3, 0.4) is 0 Å². The molecule has 0 aliphatic carbocycles. The van der Waals surface area contributed by atoms with Gasteiger partial charge < -0.3 is 10.1 Å². The fraction of sp³-hybridized carbons (Fsp3) is 0.188. The minimum absolute atomic E-state index is 0.375. The van der Waals surface area contributed by atoms with Crippen LogP contribution in [0, 0.1) is 6.92 Å². The fourth-order valence-corrected chi connectivity index (χ4v) is 2.51. The van der Waals surface area contributed by atoms with Crippen molar-refractivity contribution in [3.63, 3.8) is 0 Å². The Morgan fingerprint density at radius 3 is 2.48 bits per heavy atom. The molecule has 2 rings (SSSR count). The zero-order valence-corrected chi connectivity index (χ0v) is 13.2. The van der Waals surface area contributed by atoms with E-state index < -0.39 is 6.04 Å². The van der Waals surface area contributed by atoms with E-state index in [4.69, 9.17) is 27.9 Å². The summed E-state index contributed by atoms with van der Waals surface area (Å²) < 4.78 is 4.89. The third kappa shape index (κ3) is 3.90. The van der Waals surface area contributed by atoms with Gasteiger partial charge in [0.1, 0.15) is 0 Å². The normalized spacial score (nSPS) is 11.8. The van der Waals surface area contributed by atoms with Gasteiger partial charge in [-0.15, -0.1) is 0 Å². The summed E-state index contributed by atoms with van der Waals surface area (Å²) in [6.45, 7) is 1.90. The van der Waals surface area contributed by atoms with Crippen LogP contribution in [-0.2, 0) is 9.53 Å². The van der Waals surface area contributed by atoms with E-state index in [1.54, 1.807) is 18.2 Å². The number of ether oxygens (including phenoxy) is 1. The molecule has 0 amide bonds. The van der Waals surface area contributed by atoms with Crippen molar-refractivity contribution in [2.75, 3.05) is 12.4 Å². The molecule has 3 nitrogen and oxygen atoms in total. The molecule has 5 heteroatoms. The summed E-state index contributed by atoms with van der Waals surface area (Å²) in [5, 5.41) is 4.37. The van der Waals surface area contributed by atoms with Crippen molar-refractivity contribution in [3.05, 3.63) is 63.6 Å². The SMILES string of the molecule is COC(=O)C(Nc1cccc(Cl)c1)c1ccc(Cl)cc1C. The summed E-state index contributed by atoms with van der Waals surface area (Å²) in [4.78, 5) is 12.1. The highest BCUT2D eigenvalue weighted by atomic mass is 35.5. The molecule has 0 spiro atoms. The van der Waals surface area contributed by atoms with Gasteiger partial charge in [0, 0.05) is 15.7 Å². The molecular weight excluding hydrogens is 309 g/mol. The van der Waals surface area contributed by atoms with Gasteiger partial charge in [-0.2, -0.15) is 0 Å². The topological polar surface area (TPSA) is 38.3 Å². The Balaban J connectivity index is 2.37. The number of carbonyl (C=O) groups excluding carboxylic acids is 1. The van der Waals surface area contributed by atoms with Crippen LogP contribution >= 0.6 is 23.2 Å². The second-order valence-corrected chi connectivity index (χ2v) is 5.48. The van der Waals surface area contributed by atoms with E-state index in [1.165, 1.54) is 7.11 Å². The Morgan fingerprint density at radius 1 is 1.14 bits per heavy atom. The monoisotopic (exact) mass is 323 g/mol. The largest absolute Gasteiger partial charge is 0.467 e. The first-order chi connectivity index (χ1) is 10.0. The van der Waals surface area contributed by atoms with Gasteiger partial charge in [-0.1, -0.05) is 35.3 Å². The summed E-state index contributed by atoms with van der Waals surface area (Å²) in [5.41, 5.74) is 2.46. The number of halogens is 2. The first-order valence-electron chi connectivity index (χ1n) is 6.37. The molecule has 0 fully saturated rings. The number of benzene rings is 2. The second kappa shape index (κ2) is 6.83. The average Bonchev–Trinajstić information content (AvgIpc) is 2.45. The van der Waals surface area contributed by atoms with E-state index in [9.17, 15) is 4.79 Å². The summed E-state index contributed by atoms with van der Waals surface area (Å²) in [6.07, 6.45) is 0. The Labute approximate surface area is 133 Å². The standard InChI is InChI=1S/C16H15Cl2NO2/c1-10-8-12(18)6-7-14(10)15(16(20)21-2)19-13-5-3-4-11(17)9-13/h3-9,15,19H,1-2H3. The number of carbonyl (C=O) groups is 1. The summed E-state index contributed by atoms with van der Waals surface area (Å²) >= 11 is 11.9. The van der Waals surface area contributed by atoms with E-state index >= 15 is 0 Å². The molecule has 1 N–H and O–H groups in total. The molecule has 21 heavy (non-hydrogen) atoms. The maximum atomic E-state index is 12.1. The minimum Gasteiger partial charge on any atom is -0.467 e. The Bertz CT molecular complexity index is 658. The average molecular weight is 324 g/mol. The molecule has 0 aliphatic heterocycles. The zero-order valence-electron chi connectivity index (χ0n) is 11.7. The second-order valence-electron chi connectivity index (χ2n) is 4.61. The van der Waals surface area contributed by atoms with Crippen molar-refractivity contribution in [3.8, 4) is 0 Å². The first-order valence-corrected chi connectivity index (χ1v) is 7.13. The molecule has 0 heterocycles. The molecule has 1 unspecified atom stereocenters. The van der Waals surface area contributed by atoms with E-state index in [0.29, 0.717) is 10.0 Å². The van der Waals surface area contributed by atoms with E-state index in [0.717, 1.165) is 16.8 Å². The molecule has 0 radical (unpaired) electrons. The number of anilines is 1. The highest BCUT2D eigenvalue weighted by molar-refractivity contribution is 6.31. The molecule has 2 aromatic carbocycles. The van der Waals surface area contributed by atoms with Crippen molar-refractivity contribution in [1.29, 1.82) is 0 Å². The van der Waals surface area contributed by atoms with Crippen LogP contribution in [0.1, 0.15) is 17.2 Å². The van der Waals surface area contributed by atoms with Crippen LogP contribution in [-0.4, -0.2) is 13.1 Å². The number of hydrogen-bond donors (Lipinski definition) is 1. The lowest BCUT2D eigenvalue weighted by Crippen LogP contribution is -2.23. The van der Waals surface area contributed by atoms with Gasteiger partial charge in [-0.3, -0.25) is 0 Å². The Hall–Kier alpha value is -1.71. The van der Waals surface area contributed by atoms with Crippen molar-refractivity contribution in [2.24, 2.45) is 0 Å². The van der Waals surface area contributed by atoms with Gasteiger partial charge >= 0.3 is 5.97 Å². The number of hydrogen-bond acceptors (Lipinski definition) is 3. The molecule has 0 bridgehead atoms.